The van der Waals surface area contributed by atoms with E-state index in [0.29, 0.717) is 17.6 Å². The molecular formula is C16H18N4O3S. The average molecular weight is 346 g/mol. The third kappa shape index (κ3) is 2.99. The van der Waals surface area contributed by atoms with Crippen LogP contribution in [-0.2, 0) is 11.3 Å². The lowest BCUT2D eigenvalue weighted by Crippen LogP contribution is -2.25. The first kappa shape index (κ1) is 15.5. The molecule has 2 aromatic heterocycles. The minimum atomic E-state index is -0.210. The number of hydrogen-bond acceptors (Lipinski definition) is 6. The van der Waals surface area contributed by atoms with Crippen molar-refractivity contribution in [1.82, 2.24) is 19.7 Å². The van der Waals surface area contributed by atoms with Crippen molar-refractivity contribution in [1.29, 1.82) is 0 Å². The molecule has 3 aromatic rings. The minimum absolute atomic E-state index is 0.0594. The first-order valence-electron chi connectivity index (χ1n) is 7.99. The highest BCUT2D eigenvalue weighted by Gasteiger charge is 2.22. The van der Waals surface area contributed by atoms with Gasteiger partial charge < -0.3 is 9.15 Å². The van der Waals surface area contributed by atoms with Gasteiger partial charge in [-0.05, 0) is 31.9 Å². The van der Waals surface area contributed by atoms with Crippen LogP contribution in [0.3, 0.4) is 0 Å². The maximum absolute atomic E-state index is 12.0. The molecule has 0 saturated carbocycles. The van der Waals surface area contributed by atoms with Crippen LogP contribution in [0.15, 0.2) is 38.6 Å². The molecule has 1 N–H and O–H groups in total. The van der Waals surface area contributed by atoms with Crippen molar-refractivity contribution < 1.29 is 9.15 Å². The van der Waals surface area contributed by atoms with E-state index in [4.69, 9.17) is 9.15 Å². The maximum atomic E-state index is 12.0. The first-order valence-corrected chi connectivity index (χ1v) is 8.87. The van der Waals surface area contributed by atoms with Gasteiger partial charge in [0, 0.05) is 6.61 Å². The van der Waals surface area contributed by atoms with Gasteiger partial charge in [0.25, 0.3) is 0 Å². The fourth-order valence-corrected chi connectivity index (χ4v) is 3.72. The molecular weight excluding hydrogens is 328 g/mol. The number of nitrogens with zero attached hydrogens (tertiary/aromatic N) is 3. The lowest BCUT2D eigenvalue weighted by Gasteiger charge is -2.12. The lowest BCUT2D eigenvalue weighted by atomic mass is 10.2. The van der Waals surface area contributed by atoms with Crippen LogP contribution in [0.5, 0.6) is 0 Å². The van der Waals surface area contributed by atoms with E-state index in [1.165, 1.54) is 11.8 Å². The second kappa shape index (κ2) is 6.45. The van der Waals surface area contributed by atoms with Crippen LogP contribution in [0.2, 0.25) is 0 Å². The second-order valence-electron chi connectivity index (χ2n) is 5.84. The van der Waals surface area contributed by atoms with Crippen molar-refractivity contribution in [3.05, 3.63) is 40.6 Å². The summed E-state index contributed by atoms with van der Waals surface area (Å²) >= 11 is 1.45. The van der Waals surface area contributed by atoms with Crippen LogP contribution in [0.25, 0.3) is 11.1 Å². The second-order valence-corrected chi connectivity index (χ2v) is 7.14. The summed E-state index contributed by atoms with van der Waals surface area (Å²) in [6.45, 7) is 3.28. The minimum Gasteiger partial charge on any atom is -0.439 e. The van der Waals surface area contributed by atoms with Gasteiger partial charge >= 0.3 is 5.69 Å². The smallest absolute Gasteiger partial charge is 0.344 e. The van der Waals surface area contributed by atoms with Crippen molar-refractivity contribution in [3.8, 4) is 0 Å². The molecule has 0 bridgehead atoms. The maximum Gasteiger partial charge on any atom is 0.344 e. The molecule has 126 valence electrons. The molecule has 1 aliphatic rings. The summed E-state index contributed by atoms with van der Waals surface area (Å²) in [7, 11) is 0. The van der Waals surface area contributed by atoms with Gasteiger partial charge in [0.2, 0.25) is 5.89 Å². The molecule has 1 saturated heterocycles. The number of oxazole rings is 1. The molecule has 1 fully saturated rings. The normalized spacial score (nSPS) is 19.1. The van der Waals surface area contributed by atoms with Gasteiger partial charge in [-0.25, -0.2) is 14.9 Å². The Hall–Kier alpha value is -2.06. The monoisotopic (exact) mass is 346 g/mol. The van der Waals surface area contributed by atoms with Gasteiger partial charge in [-0.1, -0.05) is 23.9 Å². The molecule has 1 aliphatic heterocycles. The number of aromatic amines is 1. The molecule has 3 heterocycles. The Morgan fingerprint density at radius 2 is 2.33 bits per heavy atom. The number of rotatable bonds is 5. The summed E-state index contributed by atoms with van der Waals surface area (Å²) in [5.74, 6) is 0.625. The number of thioether (sulfide) groups is 1. The van der Waals surface area contributed by atoms with Crippen LogP contribution < -0.4 is 5.69 Å². The zero-order valence-electron chi connectivity index (χ0n) is 13.3. The highest BCUT2D eigenvalue weighted by molar-refractivity contribution is 7.99. The largest absolute Gasteiger partial charge is 0.439 e. The fraction of sp³-hybridized carbons (Fsp3) is 0.438. The molecule has 7 nitrogen and oxygen atoms in total. The summed E-state index contributed by atoms with van der Waals surface area (Å²) in [5, 5.41) is 7.24. The van der Waals surface area contributed by atoms with Gasteiger partial charge in [-0.2, -0.15) is 0 Å². The molecule has 0 radical (unpaired) electrons. The van der Waals surface area contributed by atoms with E-state index in [1.54, 1.807) is 4.57 Å². The van der Waals surface area contributed by atoms with Gasteiger partial charge in [-0.3, -0.25) is 4.57 Å². The zero-order valence-corrected chi connectivity index (χ0v) is 14.1. The van der Waals surface area contributed by atoms with Crippen molar-refractivity contribution in [2.75, 3.05) is 6.61 Å². The van der Waals surface area contributed by atoms with Gasteiger partial charge in [0.15, 0.2) is 10.7 Å². The Kier molecular flexibility index (Phi) is 4.15. The van der Waals surface area contributed by atoms with Crippen LogP contribution in [0, 0.1) is 0 Å². The molecule has 0 aliphatic carbocycles. The van der Waals surface area contributed by atoms with Crippen LogP contribution >= 0.6 is 11.8 Å². The first-order chi connectivity index (χ1) is 11.7. The quantitative estimate of drug-likeness (QED) is 0.715. The molecule has 4 rings (SSSR count). The lowest BCUT2D eigenvalue weighted by molar-refractivity contribution is 0.0941. The third-order valence-corrected chi connectivity index (χ3v) is 5.15. The molecule has 0 amide bonds. The van der Waals surface area contributed by atoms with E-state index in [1.807, 2.05) is 31.2 Å². The molecule has 2 unspecified atom stereocenters. The Morgan fingerprint density at radius 1 is 1.46 bits per heavy atom. The van der Waals surface area contributed by atoms with E-state index in [2.05, 4.69) is 15.2 Å². The predicted molar refractivity (Wildman–Crippen MR) is 90.1 cm³/mol. The number of fused-ring (bicyclic) bond motifs is 1. The zero-order chi connectivity index (χ0) is 16.5. The molecule has 2 atom stereocenters. The highest BCUT2D eigenvalue weighted by atomic mass is 32.2. The standard InChI is InChI=1S/C16H18N4O3S/c1-10(14-17-12-6-2-3-7-13(12)23-14)24-16-19-18-15(21)20(16)9-11-5-4-8-22-11/h2-3,6-7,10-11H,4-5,8-9H2,1H3,(H,18,21). The number of para-hydroxylation sites is 2. The third-order valence-electron chi connectivity index (χ3n) is 4.07. The number of hydrogen-bond donors (Lipinski definition) is 1. The molecule has 1 aromatic carbocycles. The van der Waals surface area contributed by atoms with E-state index < -0.39 is 0 Å². The van der Waals surface area contributed by atoms with E-state index >= 15 is 0 Å². The summed E-state index contributed by atoms with van der Waals surface area (Å²) < 4.78 is 13.1. The summed E-state index contributed by atoms with van der Waals surface area (Å²) in [6.07, 6.45) is 2.10. The van der Waals surface area contributed by atoms with Gasteiger partial charge in [-0.15, -0.1) is 5.10 Å². The SMILES string of the molecule is CC(Sc1n[nH]c(=O)n1CC1CCCO1)c1nc2ccccc2o1. The summed E-state index contributed by atoms with van der Waals surface area (Å²) in [5.41, 5.74) is 1.38. The van der Waals surface area contributed by atoms with E-state index in [0.717, 1.165) is 30.5 Å². The van der Waals surface area contributed by atoms with Crippen LogP contribution in [-0.4, -0.2) is 32.5 Å². The number of H-pyrrole nitrogens is 1. The van der Waals surface area contributed by atoms with E-state index in [9.17, 15) is 4.79 Å². The predicted octanol–water partition coefficient (Wildman–Crippen LogP) is 2.74. The number of aromatic nitrogens is 4. The summed E-state index contributed by atoms with van der Waals surface area (Å²) in [4.78, 5) is 16.5. The van der Waals surface area contributed by atoms with Crippen LogP contribution in [0.4, 0.5) is 0 Å². The number of ether oxygens (including phenoxy) is 1. The van der Waals surface area contributed by atoms with E-state index in [-0.39, 0.29) is 17.0 Å². The highest BCUT2D eigenvalue weighted by Crippen LogP contribution is 2.34. The number of benzene rings is 1. The fourth-order valence-electron chi connectivity index (χ4n) is 2.82. The van der Waals surface area contributed by atoms with Crippen LogP contribution in [0.1, 0.15) is 30.9 Å². The molecule has 8 heteroatoms. The Labute approximate surface area is 142 Å². The average Bonchev–Trinajstić information content (AvgIpc) is 3.30. The van der Waals surface area contributed by atoms with Gasteiger partial charge in [0.05, 0.1) is 17.9 Å². The van der Waals surface area contributed by atoms with Crippen molar-refractivity contribution in [2.24, 2.45) is 0 Å². The molecule has 24 heavy (non-hydrogen) atoms. The number of nitrogens with one attached hydrogen (secondary N) is 1. The Bertz CT molecular complexity index is 861. The summed E-state index contributed by atoms with van der Waals surface area (Å²) in [6, 6.07) is 7.66. The van der Waals surface area contributed by atoms with Gasteiger partial charge in [0.1, 0.15) is 5.52 Å². The van der Waals surface area contributed by atoms with Crippen molar-refractivity contribution in [2.45, 2.75) is 42.8 Å². The molecule has 0 spiro atoms. The Morgan fingerprint density at radius 3 is 3.12 bits per heavy atom. The Balaban J connectivity index is 1.55. The van der Waals surface area contributed by atoms with Crippen molar-refractivity contribution >= 4 is 22.9 Å². The van der Waals surface area contributed by atoms with Crippen molar-refractivity contribution in [3.63, 3.8) is 0 Å². The topological polar surface area (TPSA) is 85.9 Å².